The summed E-state index contributed by atoms with van der Waals surface area (Å²) in [7, 11) is 0. The Hall–Kier alpha value is -2.85. The highest BCUT2D eigenvalue weighted by molar-refractivity contribution is 5.74. The third-order valence-electron chi connectivity index (χ3n) is 2.90. The van der Waals surface area contributed by atoms with E-state index in [4.69, 9.17) is 9.84 Å². The lowest BCUT2D eigenvalue weighted by Crippen LogP contribution is -2.38. The summed E-state index contributed by atoms with van der Waals surface area (Å²) in [6.45, 7) is 4.52. The van der Waals surface area contributed by atoms with Gasteiger partial charge in [0.2, 0.25) is 0 Å². The minimum Gasteiger partial charge on any atom is -0.508 e. The lowest BCUT2D eigenvalue weighted by molar-refractivity contribution is -0.156. The minimum atomic E-state index is -1.11. The number of hydrogen-bond donors (Lipinski definition) is 2. The van der Waals surface area contributed by atoms with Gasteiger partial charge in [0.1, 0.15) is 11.4 Å². The van der Waals surface area contributed by atoms with E-state index in [9.17, 15) is 20.0 Å². The van der Waals surface area contributed by atoms with Crippen molar-refractivity contribution in [1.82, 2.24) is 4.90 Å². The molecule has 134 valence electrons. The third kappa shape index (κ3) is 8.53. The Morgan fingerprint density at radius 1 is 1.20 bits per heavy atom. The van der Waals surface area contributed by atoms with Gasteiger partial charge >= 0.3 is 11.9 Å². The molecule has 0 fully saturated rings. The lowest BCUT2D eigenvalue weighted by Gasteiger charge is -2.23. The second kappa shape index (κ2) is 8.85. The number of rotatable bonds is 7. The third-order valence-corrected chi connectivity index (χ3v) is 2.90. The van der Waals surface area contributed by atoms with Gasteiger partial charge in [0.15, 0.2) is 0 Å². The molecule has 7 heteroatoms. The number of phenolic OH excluding ortho intramolecular Hbond substituents is 1. The fourth-order valence-electron chi connectivity index (χ4n) is 2.04. The molecular weight excluding hydrogens is 324 g/mol. The zero-order valence-corrected chi connectivity index (χ0v) is 14.5. The minimum absolute atomic E-state index is 0.0110. The summed E-state index contributed by atoms with van der Waals surface area (Å²) in [6, 6.07) is 8.22. The number of carboxylic acid groups (broad SMARTS) is 1. The van der Waals surface area contributed by atoms with Crippen molar-refractivity contribution in [3.05, 3.63) is 35.4 Å². The Kier molecular flexibility index (Phi) is 7.15. The molecule has 1 aromatic rings. The number of esters is 1. The highest BCUT2D eigenvalue weighted by Gasteiger charge is 2.21. The first-order chi connectivity index (χ1) is 11.6. The predicted molar refractivity (Wildman–Crippen MR) is 91.6 cm³/mol. The van der Waals surface area contributed by atoms with Crippen LogP contribution in [0.5, 0.6) is 5.75 Å². The van der Waals surface area contributed by atoms with Crippen LogP contribution in [0.25, 0.3) is 6.08 Å². The van der Waals surface area contributed by atoms with E-state index >= 15 is 0 Å². The van der Waals surface area contributed by atoms with Crippen LogP contribution in [-0.2, 0) is 14.3 Å². The van der Waals surface area contributed by atoms with Gasteiger partial charge in [-0.2, -0.15) is 5.26 Å². The fraction of sp³-hybridized carbons (Fsp3) is 0.389. The number of nitrogens with zero attached hydrogens (tertiary/aromatic N) is 2. The highest BCUT2D eigenvalue weighted by Crippen LogP contribution is 2.14. The van der Waals surface area contributed by atoms with E-state index in [0.29, 0.717) is 5.56 Å². The van der Waals surface area contributed by atoms with Gasteiger partial charge < -0.3 is 14.9 Å². The molecule has 0 aliphatic rings. The molecule has 0 atom stereocenters. The Labute approximate surface area is 146 Å². The summed E-state index contributed by atoms with van der Waals surface area (Å²) in [6.07, 6.45) is 1.57. The summed E-state index contributed by atoms with van der Waals surface area (Å²) in [5, 5.41) is 27.6. The van der Waals surface area contributed by atoms with Crippen LogP contribution in [0.2, 0.25) is 0 Å². The van der Waals surface area contributed by atoms with Crippen LogP contribution in [0, 0.1) is 11.3 Å². The summed E-state index contributed by atoms with van der Waals surface area (Å²) in [5.41, 5.74) is 0.295. The Morgan fingerprint density at radius 3 is 2.28 bits per heavy atom. The van der Waals surface area contributed by atoms with Crippen LogP contribution < -0.4 is 0 Å². The molecule has 1 aromatic carbocycles. The molecule has 7 nitrogen and oxygen atoms in total. The number of aliphatic carboxylic acids is 1. The van der Waals surface area contributed by atoms with Gasteiger partial charge in [-0.1, -0.05) is 12.1 Å². The second-order valence-electron chi connectivity index (χ2n) is 6.50. The smallest absolute Gasteiger partial charge is 0.320 e. The highest BCUT2D eigenvalue weighted by atomic mass is 16.6. The zero-order chi connectivity index (χ0) is 19.0. The molecule has 0 aliphatic heterocycles. The standard InChI is InChI=1S/C18H22N2O5/c1-18(2,3)25-17(24)12-20(11-16(22)23)10-14(9-19)8-13-4-6-15(21)7-5-13/h4-8,21H,10-12H2,1-3H3,(H,22,23). The number of carbonyl (C=O) groups is 2. The molecule has 0 amide bonds. The first-order valence-corrected chi connectivity index (χ1v) is 7.65. The summed E-state index contributed by atoms with van der Waals surface area (Å²) in [5.74, 6) is -1.56. The van der Waals surface area contributed by atoms with Crippen LogP contribution in [-0.4, -0.2) is 52.3 Å². The monoisotopic (exact) mass is 346 g/mol. The largest absolute Gasteiger partial charge is 0.508 e. The van der Waals surface area contributed by atoms with Crippen molar-refractivity contribution < 1.29 is 24.5 Å². The average Bonchev–Trinajstić information content (AvgIpc) is 2.46. The normalized spacial score (nSPS) is 11.9. The number of benzene rings is 1. The van der Waals surface area contributed by atoms with E-state index in [1.807, 2.05) is 6.07 Å². The molecule has 0 heterocycles. The van der Waals surface area contributed by atoms with Crippen LogP contribution in [0.15, 0.2) is 29.8 Å². The number of phenols is 1. The molecule has 0 unspecified atom stereocenters. The molecule has 25 heavy (non-hydrogen) atoms. The van der Waals surface area contributed by atoms with Crippen molar-refractivity contribution in [3.63, 3.8) is 0 Å². The van der Waals surface area contributed by atoms with Crippen molar-refractivity contribution in [2.24, 2.45) is 0 Å². The quantitative estimate of drug-likeness (QED) is 0.574. The average molecular weight is 346 g/mol. The van der Waals surface area contributed by atoms with Crippen molar-refractivity contribution in [3.8, 4) is 11.8 Å². The van der Waals surface area contributed by atoms with Gasteiger partial charge in [-0.05, 0) is 44.5 Å². The zero-order valence-electron chi connectivity index (χ0n) is 14.5. The van der Waals surface area contributed by atoms with E-state index in [2.05, 4.69) is 0 Å². The van der Waals surface area contributed by atoms with E-state index in [1.165, 1.54) is 17.0 Å². The Morgan fingerprint density at radius 2 is 1.80 bits per heavy atom. The van der Waals surface area contributed by atoms with Crippen molar-refractivity contribution in [2.45, 2.75) is 26.4 Å². The molecule has 0 aliphatic carbocycles. The van der Waals surface area contributed by atoms with E-state index < -0.39 is 24.1 Å². The van der Waals surface area contributed by atoms with Crippen LogP contribution in [0.3, 0.4) is 0 Å². The van der Waals surface area contributed by atoms with Crippen LogP contribution in [0.4, 0.5) is 0 Å². The number of hydrogen-bond acceptors (Lipinski definition) is 6. The molecule has 0 saturated heterocycles. The van der Waals surface area contributed by atoms with Crippen molar-refractivity contribution >= 4 is 18.0 Å². The molecule has 0 bridgehead atoms. The van der Waals surface area contributed by atoms with Crippen LogP contribution >= 0.6 is 0 Å². The SMILES string of the molecule is CC(C)(C)OC(=O)CN(CC(=O)O)CC(C#N)=Cc1ccc(O)cc1. The Bertz CT molecular complexity index is 681. The van der Waals surface area contributed by atoms with Gasteiger partial charge in [0.05, 0.1) is 19.2 Å². The maximum atomic E-state index is 11.9. The van der Waals surface area contributed by atoms with Gasteiger partial charge in [-0.25, -0.2) is 0 Å². The number of carboxylic acids is 1. The molecule has 0 aromatic heterocycles. The van der Waals surface area contributed by atoms with Crippen molar-refractivity contribution in [1.29, 1.82) is 5.26 Å². The van der Waals surface area contributed by atoms with Gasteiger partial charge in [-0.3, -0.25) is 14.5 Å². The maximum absolute atomic E-state index is 11.9. The number of aromatic hydroxyl groups is 1. The molecule has 2 N–H and O–H groups in total. The molecule has 0 spiro atoms. The molecular formula is C18H22N2O5. The van der Waals surface area contributed by atoms with Gasteiger partial charge in [0.25, 0.3) is 0 Å². The van der Waals surface area contributed by atoms with Crippen LogP contribution in [0.1, 0.15) is 26.3 Å². The summed E-state index contributed by atoms with van der Waals surface area (Å²) < 4.78 is 5.19. The lowest BCUT2D eigenvalue weighted by atomic mass is 10.1. The molecule has 0 saturated carbocycles. The van der Waals surface area contributed by atoms with E-state index in [1.54, 1.807) is 39.0 Å². The predicted octanol–water partition coefficient (Wildman–Crippen LogP) is 2.03. The number of nitriles is 1. The topological polar surface area (TPSA) is 111 Å². The number of carbonyl (C=O) groups excluding carboxylic acids is 1. The van der Waals surface area contributed by atoms with Crippen molar-refractivity contribution in [2.75, 3.05) is 19.6 Å². The summed E-state index contributed by atoms with van der Waals surface area (Å²) >= 11 is 0. The molecule has 1 rings (SSSR count). The fourth-order valence-corrected chi connectivity index (χ4v) is 2.04. The van der Waals surface area contributed by atoms with E-state index in [0.717, 1.165) is 0 Å². The first kappa shape index (κ1) is 20.2. The maximum Gasteiger partial charge on any atom is 0.320 e. The Balaban J connectivity index is 2.87. The summed E-state index contributed by atoms with van der Waals surface area (Å²) in [4.78, 5) is 24.3. The van der Waals surface area contributed by atoms with Gasteiger partial charge in [0, 0.05) is 12.1 Å². The number of ether oxygens (including phenoxy) is 1. The van der Waals surface area contributed by atoms with Gasteiger partial charge in [-0.15, -0.1) is 0 Å². The first-order valence-electron chi connectivity index (χ1n) is 7.65. The molecule has 0 radical (unpaired) electrons. The second-order valence-corrected chi connectivity index (χ2v) is 6.50. The van der Waals surface area contributed by atoms with E-state index in [-0.39, 0.29) is 24.4 Å².